The quantitative estimate of drug-likeness (QED) is 0.783. The maximum atomic E-state index is 12.0. The molecule has 0 spiro atoms. The minimum atomic E-state index is 0.211. The number of amides is 1. The first-order valence-electron chi connectivity index (χ1n) is 7.36. The zero-order valence-corrected chi connectivity index (χ0v) is 11.7. The Morgan fingerprint density at radius 2 is 1.78 bits per heavy atom. The first-order valence-corrected chi connectivity index (χ1v) is 7.36. The molecule has 18 heavy (non-hydrogen) atoms. The summed E-state index contributed by atoms with van der Waals surface area (Å²) in [6, 6.07) is 0.402. The van der Waals surface area contributed by atoms with E-state index < -0.39 is 0 Å². The van der Waals surface area contributed by atoms with Crippen LogP contribution in [0.25, 0.3) is 0 Å². The Hall–Kier alpha value is -0.610. The fourth-order valence-electron chi connectivity index (χ4n) is 3.41. The SMILES string of the molecule is CC1CC(C)CC(NC(=O)CN2CCNCC2)C1. The van der Waals surface area contributed by atoms with Crippen LogP contribution in [-0.4, -0.2) is 49.6 Å². The molecule has 2 fully saturated rings. The summed E-state index contributed by atoms with van der Waals surface area (Å²) < 4.78 is 0. The minimum Gasteiger partial charge on any atom is -0.352 e. The number of carbonyl (C=O) groups is 1. The van der Waals surface area contributed by atoms with E-state index in [4.69, 9.17) is 0 Å². The van der Waals surface area contributed by atoms with Crippen LogP contribution in [0.1, 0.15) is 33.1 Å². The molecular formula is C14H27N3O. The van der Waals surface area contributed by atoms with Crippen molar-refractivity contribution in [1.29, 1.82) is 0 Å². The summed E-state index contributed by atoms with van der Waals surface area (Å²) in [4.78, 5) is 14.3. The monoisotopic (exact) mass is 253 g/mol. The zero-order chi connectivity index (χ0) is 13.0. The van der Waals surface area contributed by atoms with Gasteiger partial charge in [-0.1, -0.05) is 13.8 Å². The van der Waals surface area contributed by atoms with Crippen LogP contribution in [0.2, 0.25) is 0 Å². The number of piperazine rings is 1. The average Bonchev–Trinajstić information content (AvgIpc) is 2.28. The van der Waals surface area contributed by atoms with E-state index in [1.165, 1.54) is 6.42 Å². The van der Waals surface area contributed by atoms with E-state index in [2.05, 4.69) is 29.4 Å². The van der Waals surface area contributed by atoms with Crippen LogP contribution in [0, 0.1) is 11.8 Å². The molecule has 0 radical (unpaired) electrons. The van der Waals surface area contributed by atoms with Crippen molar-refractivity contribution < 1.29 is 4.79 Å². The standard InChI is InChI=1S/C14H27N3O/c1-11-7-12(2)9-13(8-11)16-14(18)10-17-5-3-15-4-6-17/h11-13,15H,3-10H2,1-2H3,(H,16,18). The third-order valence-electron chi connectivity index (χ3n) is 4.12. The number of nitrogens with one attached hydrogen (secondary N) is 2. The second-order valence-corrected chi connectivity index (χ2v) is 6.21. The zero-order valence-electron chi connectivity index (χ0n) is 11.7. The normalized spacial score (nSPS) is 34.2. The summed E-state index contributed by atoms with van der Waals surface area (Å²) in [5, 5.41) is 6.53. The molecule has 0 aromatic carbocycles. The highest BCUT2D eigenvalue weighted by atomic mass is 16.2. The summed E-state index contributed by atoms with van der Waals surface area (Å²) in [6.07, 6.45) is 3.61. The Morgan fingerprint density at radius 1 is 1.17 bits per heavy atom. The van der Waals surface area contributed by atoms with Gasteiger partial charge in [0.25, 0.3) is 0 Å². The topological polar surface area (TPSA) is 44.4 Å². The van der Waals surface area contributed by atoms with E-state index in [0.717, 1.165) is 50.9 Å². The smallest absolute Gasteiger partial charge is 0.234 e. The van der Waals surface area contributed by atoms with Crippen molar-refractivity contribution in [3.05, 3.63) is 0 Å². The largest absolute Gasteiger partial charge is 0.352 e. The molecule has 2 unspecified atom stereocenters. The maximum Gasteiger partial charge on any atom is 0.234 e. The molecule has 1 saturated carbocycles. The molecule has 1 amide bonds. The van der Waals surface area contributed by atoms with E-state index in [1.54, 1.807) is 0 Å². The first kappa shape index (κ1) is 13.8. The van der Waals surface area contributed by atoms with Gasteiger partial charge in [0.1, 0.15) is 0 Å². The summed E-state index contributed by atoms with van der Waals surface area (Å²) in [7, 11) is 0. The summed E-state index contributed by atoms with van der Waals surface area (Å²) in [6.45, 7) is 9.16. The first-order chi connectivity index (χ1) is 8.63. The Labute approximate surface area is 110 Å². The number of carbonyl (C=O) groups excluding carboxylic acids is 1. The van der Waals surface area contributed by atoms with Gasteiger partial charge in [0.2, 0.25) is 5.91 Å². The van der Waals surface area contributed by atoms with Crippen molar-refractivity contribution in [3.63, 3.8) is 0 Å². The Balaban J connectivity index is 1.72. The van der Waals surface area contributed by atoms with Crippen molar-refractivity contribution >= 4 is 5.91 Å². The average molecular weight is 253 g/mol. The molecule has 1 aliphatic carbocycles. The van der Waals surface area contributed by atoms with Crippen molar-refractivity contribution in [2.75, 3.05) is 32.7 Å². The van der Waals surface area contributed by atoms with Crippen molar-refractivity contribution in [2.24, 2.45) is 11.8 Å². The molecule has 4 nitrogen and oxygen atoms in total. The maximum absolute atomic E-state index is 12.0. The van der Waals surface area contributed by atoms with E-state index in [-0.39, 0.29) is 5.91 Å². The molecule has 2 rings (SSSR count). The molecular weight excluding hydrogens is 226 g/mol. The van der Waals surface area contributed by atoms with Crippen LogP contribution < -0.4 is 10.6 Å². The predicted octanol–water partition coefficient (Wildman–Crippen LogP) is 0.833. The third kappa shape index (κ3) is 4.25. The van der Waals surface area contributed by atoms with Gasteiger partial charge < -0.3 is 10.6 Å². The van der Waals surface area contributed by atoms with Gasteiger partial charge in [0, 0.05) is 32.2 Å². The van der Waals surface area contributed by atoms with Crippen molar-refractivity contribution in [1.82, 2.24) is 15.5 Å². The van der Waals surface area contributed by atoms with Gasteiger partial charge in [-0.15, -0.1) is 0 Å². The molecule has 4 heteroatoms. The molecule has 0 aromatic rings. The second-order valence-electron chi connectivity index (χ2n) is 6.21. The number of hydrogen-bond donors (Lipinski definition) is 2. The molecule has 2 N–H and O–H groups in total. The second kappa shape index (κ2) is 6.53. The fraction of sp³-hybridized carbons (Fsp3) is 0.929. The van der Waals surface area contributed by atoms with Gasteiger partial charge in [0.15, 0.2) is 0 Å². The molecule has 2 atom stereocenters. The van der Waals surface area contributed by atoms with Gasteiger partial charge in [-0.05, 0) is 31.1 Å². The fourth-order valence-corrected chi connectivity index (χ4v) is 3.41. The van der Waals surface area contributed by atoms with Gasteiger partial charge in [-0.25, -0.2) is 0 Å². The Bertz CT molecular complexity index is 266. The third-order valence-corrected chi connectivity index (χ3v) is 4.12. The predicted molar refractivity (Wildman–Crippen MR) is 73.4 cm³/mol. The van der Waals surface area contributed by atoms with Gasteiger partial charge in [-0.3, -0.25) is 9.69 Å². The van der Waals surface area contributed by atoms with E-state index in [9.17, 15) is 4.79 Å². The highest BCUT2D eigenvalue weighted by molar-refractivity contribution is 5.78. The number of hydrogen-bond acceptors (Lipinski definition) is 3. The lowest BCUT2D eigenvalue weighted by Gasteiger charge is -2.33. The Kier molecular flexibility index (Phi) is 5.01. The van der Waals surface area contributed by atoms with E-state index in [0.29, 0.717) is 12.6 Å². The number of rotatable bonds is 3. The highest BCUT2D eigenvalue weighted by Crippen LogP contribution is 2.28. The molecule has 1 aliphatic heterocycles. The molecule has 2 aliphatic rings. The minimum absolute atomic E-state index is 0.211. The lowest BCUT2D eigenvalue weighted by Crippen LogP contribution is -2.49. The molecule has 104 valence electrons. The van der Waals surface area contributed by atoms with Crippen molar-refractivity contribution in [2.45, 2.75) is 39.2 Å². The molecule has 0 aromatic heterocycles. The summed E-state index contributed by atoms with van der Waals surface area (Å²) >= 11 is 0. The number of nitrogens with zero attached hydrogens (tertiary/aromatic N) is 1. The van der Waals surface area contributed by atoms with Crippen LogP contribution in [0.3, 0.4) is 0 Å². The van der Waals surface area contributed by atoms with E-state index >= 15 is 0 Å². The lowest BCUT2D eigenvalue weighted by molar-refractivity contribution is -0.123. The van der Waals surface area contributed by atoms with Gasteiger partial charge in [-0.2, -0.15) is 0 Å². The van der Waals surface area contributed by atoms with Crippen molar-refractivity contribution in [3.8, 4) is 0 Å². The molecule has 1 saturated heterocycles. The van der Waals surface area contributed by atoms with Crippen LogP contribution >= 0.6 is 0 Å². The van der Waals surface area contributed by atoms with Crippen LogP contribution in [0.4, 0.5) is 0 Å². The van der Waals surface area contributed by atoms with Gasteiger partial charge >= 0.3 is 0 Å². The summed E-state index contributed by atoms with van der Waals surface area (Å²) in [5.74, 6) is 1.71. The van der Waals surface area contributed by atoms with Crippen LogP contribution in [-0.2, 0) is 4.79 Å². The summed E-state index contributed by atoms with van der Waals surface area (Å²) in [5.41, 5.74) is 0. The van der Waals surface area contributed by atoms with Crippen LogP contribution in [0.15, 0.2) is 0 Å². The Morgan fingerprint density at radius 3 is 2.39 bits per heavy atom. The lowest BCUT2D eigenvalue weighted by atomic mass is 9.80. The molecule has 1 heterocycles. The van der Waals surface area contributed by atoms with Gasteiger partial charge in [0.05, 0.1) is 6.54 Å². The van der Waals surface area contributed by atoms with Crippen LogP contribution in [0.5, 0.6) is 0 Å². The van der Waals surface area contributed by atoms with E-state index in [1.807, 2.05) is 0 Å². The molecule has 0 bridgehead atoms. The highest BCUT2D eigenvalue weighted by Gasteiger charge is 2.25.